The highest BCUT2D eigenvalue weighted by atomic mass is 16.1. The minimum absolute atomic E-state index is 0.0499. The van der Waals surface area contributed by atoms with Gasteiger partial charge in [0.15, 0.2) is 11.6 Å². The Hall–Kier alpha value is -3.78. The number of ketones is 2. The molecule has 4 aromatic rings. The maximum Gasteiger partial charge on any atom is 0.194 e. The van der Waals surface area contributed by atoms with Crippen LogP contribution in [0.1, 0.15) is 72.1 Å². The molecular weight excluding hydrogens is 404 g/mol. The average Bonchev–Trinajstić information content (AvgIpc) is 2.85. The Morgan fingerprint density at radius 2 is 0.970 bits per heavy atom. The van der Waals surface area contributed by atoms with E-state index in [0.717, 1.165) is 28.7 Å². The first-order chi connectivity index (χ1) is 16.0. The molecule has 2 heteroatoms. The minimum Gasteiger partial charge on any atom is -0.289 e. The van der Waals surface area contributed by atoms with Crippen molar-refractivity contribution in [2.24, 2.45) is 0 Å². The van der Waals surface area contributed by atoms with Crippen LogP contribution in [0.15, 0.2) is 84.9 Å². The molecule has 1 aliphatic rings. The van der Waals surface area contributed by atoms with Gasteiger partial charge in [-0.3, -0.25) is 9.59 Å². The number of hydrogen-bond acceptors (Lipinski definition) is 2. The van der Waals surface area contributed by atoms with Gasteiger partial charge in [0.1, 0.15) is 0 Å². The molecule has 0 spiro atoms. The summed E-state index contributed by atoms with van der Waals surface area (Å²) in [7, 11) is 0. The van der Waals surface area contributed by atoms with E-state index < -0.39 is 0 Å². The van der Waals surface area contributed by atoms with Gasteiger partial charge in [0.25, 0.3) is 0 Å². The van der Waals surface area contributed by atoms with E-state index in [1.807, 2.05) is 24.3 Å². The number of benzene rings is 4. The third kappa shape index (κ3) is 3.93. The van der Waals surface area contributed by atoms with Crippen molar-refractivity contribution in [2.45, 2.75) is 33.1 Å². The summed E-state index contributed by atoms with van der Waals surface area (Å²) in [6.07, 6.45) is 2.24. The SMILES string of the molecule is CCc1ccc(Cc2ccc(Cc3ccc(C)cc3)c3c2C(=O)c2ccccc2C3=O)cc1. The zero-order chi connectivity index (χ0) is 22.9. The van der Waals surface area contributed by atoms with Gasteiger partial charge in [-0.05, 0) is 54.0 Å². The van der Waals surface area contributed by atoms with Gasteiger partial charge in [0.05, 0.1) is 0 Å². The molecule has 1 aliphatic carbocycles. The van der Waals surface area contributed by atoms with Crippen LogP contribution in [0, 0.1) is 6.92 Å². The van der Waals surface area contributed by atoms with Crippen molar-refractivity contribution < 1.29 is 9.59 Å². The second-order valence-electron chi connectivity index (χ2n) is 8.85. The van der Waals surface area contributed by atoms with Crippen LogP contribution < -0.4 is 0 Å². The fourth-order valence-corrected chi connectivity index (χ4v) is 4.69. The molecule has 0 fully saturated rings. The number of carbonyl (C=O) groups excluding carboxylic acids is 2. The van der Waals surface area contributed by atoms with Crippen molar-refractivity contribution in [1.82, 2.24) is 0 Å². The monoisotopic (exact) mass is 430 g/mol. The summed E-state index contributed by atoms with van der Waals surface area (Å²) < 4.78 is 0. The van der Waals surface area contributed by atoms with Crippen molar-refractivity contribution in [1.29, 1.82) is 0 Å². The number of rotatable bonds is 5. The highest BCUT2D eigenvalue weighted by Gasteiger charge is 2.33. The first-order valence-corrected chi connectivity index (χ1v) is 11.5. The Morgan fingerprint density at radius 3 is 1.42 bits per heavy atom. The van der Waals surface area contributed by atoms with Crippen LogP contribution in [0.2, 0.25) is 0 Å². The Balaban J connectivity index is 1.63. The van der Waals surface area contributed by atoms with E-state index in [0.29, 0.717) is 35.1 Å². The molecule has 0 heterocycles. The molecule has 4 aromatic carbocycles. The first kappa shape index (κ1) is 21.1. The van der Waals surface area contributed by atoms with E-state index in [-0.39, 0.29) is 11.6 Å². The predicted octanol–water partition coefficient (Wildman–Crippen LogP) is 6.51. The maximum absolute atomic E-state index is 13.7. The third-order valence-electron chi connectivity index (χ3n) is 6.59. The van der Waals surface area contributed by atoms with Crippen LogP contribution in [0.25, 0.3) is 0 Å². The van der Waals surface area contributed by atoms with Crippen molar-refractivity contribution >= 4 is 11.6 Å². The van der Waals surface area contributed by atoms with Crippen molar-refractivity contribution in [3.63, 3.8) is 0 Å². The molecule has 0 radical (unpaired) electrons. The van der Waals surface area contributed by atoms with Crippen molar-refractivity contribution in [2.75, 3.05) is 0 Å². The molecular formula is C31H26O2. The molecule has 0 aromatic heterocycles. The molecule has 0 unspecified atom stereocenters. The lowest BCUT2D eigenvalue weighted by Crippen LogP contribution is -2.24. The van der Waals surface area contributed by atoms with Crippen molar-refractivity contribution in [3.05, 3.63) is 141 Å². The van der Waals surface area contributed by atoms with Gasteiger partial charge in [0, 0.05) is 22.3 Å². The van der Waals surface area contributed by atoms with Gasteiger partial charge < -0.3 is 0 Å². The topological polar surface area (TPSA) is 34.1 Å². The Labute approximate surface area is 194 Å². The zero-order valence-corrected chi connectivity index (χ0v) is 19.0. The van der Waals surface area contributed by atoms with E-state index in [4.69, 9.17) is 0 Å². The summed E-state index contributed by atoms with van der Waals surface area (Å²) in [5, 5.41) is 0. The van der Waals surface area contributed by atoms with Gasteiger partial charge in [-0.25, -0.2) is 0 Å². The standard InChI is InChI=1S/C31H26O2/c1-3-21-12-14-23(15-13-21)19-25-17-16-24(18-22-10-8-20(2)9-11-22)28-29(25)31(33)27-7-5-4-6-26(27)30(28)32/h4-17H,3,18-19H2,1-2H3. The van der Waals surface area contributed by atoms with Crippen LogP contribution in [0.4, 0.5) is 0 Å². The molecule has 162 valence electrons. The van der Waals surface area contributed by atoms with Gasteiger partial charge in [0.2, 0.25) is 0 Å². The second kappa shape index (κ2) is 8.63. The van der Waals surface area contributed by atoms with E-state index >= 15 is 0 Å². The summed E-state index contributed by atoms with van der Waals surface area (Å²) >= 11 is 0. The van der Waals surface area contributed by atoms with Crippen LogP contribution in [-0.2, 0) is 19.3 Å². The molecule has 33 heavy (non-hydrogen) atoms. The Bertz CT molecular complexity index is 1360. The molecule has 0 aliphatic heterocycles. The van der Waals surface area contributed by atoms with E-state index in [1.165, 1.54) is 11.1 Å². The molecule has 0 atom stereocenters. The lowest BCUT2D eigenvalue weighted by Gasteiger charge is -2.23. The summed E-state index contributed by atoms with van der Waals surface area (Å²) in [4.78, 5) is 27.3. The van der Waals surface area contributed by atoms with Crippen LogP contribution in [0.3, 0.4) is 0 Å². The van der Waals surface area contributed by atoms with Gasteiger partial charge in [-0.1, -0.05) is 97.4 Å². The van der Waals surface area contributed by atoms with Crippen molar-refractivity contribution in [3.8, 4) is 0 Å². The summed E-state index contributed by atoms with van der Waals surface area (Å²) in [6.45, 7) is 4.20. The fourth-order valence-electron chi connectivity index (χ4n) is 4.69. The van der Waals surface area contributed by atoms with Crippen LogP contribution >= 0.6 is 0 Å². The smallest absolute Gasteiger partial charge is 0.194 e. The molecule has 0 saturated heterocycles. The van der Waals surface area contributed by atoms with Gasteiger partial charge >= 0.3 is 0 Å². The lowest BCUT2D eigenvalue weighted by molar-refractivity contribution is 0.0977. The minimum atomic E-state index is -0.0505. The quantitative estimate of drug-likeness (QED) is 0.318. The highest BCUT2D eigenvalue weighted by Crippen LogP contribution is 2.34. The average molecular weight is 431 g/mol. The Morgan fingerprint density at radius 1 is 0.545 bits per heavy atom. The molecule has 0 saturated carbocycles. The lowest BCUT2D eigenvalue weighted by atomic mass is 9.77. The Kier molecular flexibility index (Phi) is 5.51. The molecule has 5 rings (SSSR count). The highest BCUT2D eigenvalue weighted by molar-refractivity contribution is 6.29. The van der Waals surface area contributed by atoms with E-state index in [1.54, 1.807) is 12.1 Å². The van der Waals surface area contributed by atoms with Gasteiger partial charge in [-0.15, -0.1) is 0 Å². The summed E-state index contributed by atoms with van der Waals surface area (Å²) in [5.74, 6) is -0.100. The van der Waals surface area contributed by atoms with Crippen LogP contribution in [0.5, 0.6) is 0 Å². The zero-order valence-electron chi connectivity index (χ0n) is 19.0. The van der Waals surface area contributed by atoms with Crippen LogP contribution in [-0.4, -0.2) is 11.6 Å². The summed E-state index contributed by atoms with van der Waals surface area (Å²) in [6, 6.07) is 28.1. The number of carbonyl (C=O) groups is 2. The number of aryl methyl sites for hydroxylation is 2. The van der Waals surface area contributed by atoms with E-state index in [2.05, 4.69) is 62.4 Å². The third-order valence-corrected chi connectivity index (χ3v) is 6.59. The van der Waals surface area contributed by atoms with E-state index in [9.17, 15) is 9.59 Å². The normalized spacial score (nSPS) is 12.4. The maximum atomic E-state index is 13.7. The largest absolute Gasteiger partial charge is 0.289 e. The first-order valence-electron chi connectivity index (χ1n) is 11.5. The molecule has 0 amide bonds. The number of fused-ring (bicyclic) bond motifs is 2. The fraction of sp³-hybridized carbons (Fsp3) is 0.161. The summed E-state index contributed by atoms with van der Waals surface area (Å²) in [5.41, 5.74) is 8.73. The molecule has 2 nitrogen and oxygen atoms in total. The molecule has 0 bridgehead atoms. The molecule has 0 N–H and O–H groups in total. The number of hydrogen-bond donors (Lipinski definition) is 0. The van der Waals surface area contributed by atoms with Gasteiger partial charge in [-0.2, -0.15) is 0 Å². The predicted molar refractivity (Wildman–Crippen MR) is 132 cm³/mol. The second-order valence-corrected chi connectivity index (χ2v) is 8.85.